The lowest BCUT2D eigenvalue weighted by Gasteiger charge is -2.11. The van der Waals surface area contributed by atoms with Crippen LogP contribution in [0.1, 0.15) is 19.4 Å². The minimum absolute atomic E-state index is 0.114. The zero-order valence-electron chi connectivity index (χ0n) is 19.2. The Labute approximate surface area is 212 Å². The van der Waals surface area contributed by atoms with Gasteiger partial charge in [0.25, 0.3) is 5.91 Å². The molecule has 0 aliphatic heterocycles. The predicted molar refractivity (Wildman–Crippen MR) is 138 cm³/mol. The summed E-state index contributed by atoms with van der Waals surface area (Å²) in [6.07, 6.45) is 3.36. The quantitative estimate of drug-likeness (QED) is 0.195. The smallest absolute Gasteiger partial charge is 0.250 e. The van der Waals surface area contributed by atoms with E-state index in [2.05, 4.69) is 25.7 Å². The first-order valence-electron chi connectivity index (χ1n) is 10.9. The van der Waals surface area contributed by atoms with Crippen molar-refractivity contribution in [3.63, 3.8) is 0 Å². The van der Waals surface area contributed by atoms with E-state index in [1.165, 1.54) is 11.8 Å². The maximum atomic E-state index is 12.5. The normalized spacial score (nSPS) is 11.3. The van der Waals surface area contributed by atoms with E-state index in [4.69, 9.17) is 16.3 Å². The third-order valence-electron chi connectivity index (χ3n) is 4.92. The third kappa shape index (κ3) is 6.26. The molecule has 0 saturated heterocycles. The Hall–Kier alpha value is -3.69. The SMILES string of the molecule is CCOc1ccc(-n2c(SCC(=O)N/N=C(\C)c3ccncc3)nnc2-c2ccc(Cl)cc2)cc1. The zero-order valence-corrected chi connectivity index (χ0v) is 20.8. The number of aromatic nitrogens is 4. The van der Waals surface area contributed by atoms with Crippen LogP contribution in [0.5, 0.6) is 5.75 Å². The van der Waals surface area contributed by atoms with Gasteiger partial charge in [0.15, 0.2) is 11.0 Å². The zero-order chi connectivity index (χ0) is 24.6. The van der Waals surface area contributed by atoms with Crippen LogP contribution < -0.4 is 10.2 Å². The van der Waals surface area contributed by atoms with Gasteiger partial charge in [-0.3, -0.25) is 14.3 Å². The molecule has 0 atom stereocenters. The van der Waals surface area contributed by atoms with Gasteiger partial charge >= 0.3 is 0 Å². The molecule has 0 unspecified atom stereocenters. The first-order chi connectivity index (χ1) is 17.0. The van der Waals surface area contributed by atoms with Gasteiger partial charge in [-0.25, -0.2) is 5.43 Å². The summed E-state index contributed by atoms with van der Waals surface area (Å²) in [5, 5.41) is 14.1. The van der Waals surface area contributed by atoms with Gasteiger partial charge in [0.1, 0.15) is 5.75 Å². The van der Waals surface area contributed by atoms with Crippen molar-refractivity contribution in [2.24, 2.45) is 5.10 Å². The van der Waals surface area contributed by atoms with E-state index in [1.807, 2.05) is 66.9 Å². The highest BCUT2D eigenvalue weighted by molar-refractivity contribution is 7.99. The van der Waals surface area contributed by atoms with Crippen molar-refractivity contribution in [3.8, 4) is 22.8 Å². The van der Waals surface area contributed by atoms with E-state index in [9.17, 15) is 4.79 Å². The van der Waals surface area contributed by atoms with E-state index in [1.54, 1.807) is 24.5 Å². The summed E-state index contributed by atoms with van der Waals surface area (Å²) in [4.78, 5) is 16.5. The number of hydrogen-bond acceptors (Lipinski definition) is 7. The highest BCUT2D eigenvalue weighted by Crippen LogP contribution is 2.29. The van der Waals surface area contributed by atoms with Crippen LogP contribution in [0, 0.1) is 0 Å². The average Bonchev–Trinajstić information content (AvgIpc) is 3.31. The molecule has 0 saturated carbocycles. The second kappa shape index (κ2) is 11.6. The molecule has 8 nitrogen and oxygen atoms in total. The lowest BCUT2D eigenvalue weighted by Crippen LogP contribution is -2.21. The number of carbonyl (C=O) groups is 1. The molecule has 0 fully saturated rings. The molecule has 2 aromatic heterocycles. The van der Waals surface area contributed by atoms with Crippen LogP contribution in [0.2, 0.25) is 5.02 Å². The fourth-order valence-electron chi connectivity index (χ4n) is 3.21. The largest absolute Gasteiger partial charge is 0.494 e. The predicted octanol–water partition coefficient (Wildman–Crippen LogP) is 5.01. The number of pyridine rings is 1. The Bertz CT molecular complexity index is 1310. The lowest BCUT2D eigenvalue weighted by molar-refractivity contribution is -0.118. The fraction of sp³-hybridized carbons (Fsp3) is 0.160. The van der Waals surface area contributed by atoms with Gasteiger partial charge in [-0.2, -0.15) is 5.10 Å². The van der Waals surface area contributed by atoms with E-state index in [0.717, 1.165) is 22.6 Å². The molecule has 0 spiro atoms. The van der Waals surface area contributed by atoms with Gasteiger partial charge in [0, 0.05) is 34.2 Å². The maximum absolute atomic E-state index is 12.5. The molecule has 0 bridgehead atoms. The lowest BCUT2D eigenvalue weighted by atomic mass is 10.2. The minimum atomic E-state index is -0.252. The first kappa shape index (κ1) is 24.4. The van der Waals surface area contributed by atoms with Gasteiger partial charge in [0.05, 0.1) is 18.1 Å². The average molecular weight is 507 g/mol. The number of ether oxygens (including phenoxy) is 1. The number of hydrazone groups is 1. The van der Waals surface area contributed by atoms with Gasteiger partial charge in [-0.15, -0.1) is 10.2 Å². The Balaban J connectivity index is 1.55. The topological polar surface area (TPSA) is 94.3 Å². The summed E-state index contributed by atoms with van der Waals surface area (Å²) in [6.45, 7) is 4.35. The van der Waals surface area contributed by atoms with Crippen LogP contribution >= 0.6 is 23.4 Å². The molecule has 178 valence electrons. The molecule has 0 aliphatic rings. The van der Waals surface area contributed by atoms with Crippen molar-refractivity contribution in [3.05, 3.63) is 83.6 Å². The number of nitrogens with zero attached hydrogens (tertiary/aromatic N) is 5. The van der Waals surface area contributed by atoms with Crippen molar-refractivity contribution in [1.29, 1.82) is 0 Å². The molecule has 2 heterocycles. The summed E-state index contributed by atoms with van der Waals surface area (Å²) >= 11 is 7.34. The summed E-state index contributed by atoms with van der Waals surface area (Å²) in [6, 6.07) is 18.7. The monoisotopic (exact) mass is 506 g/mol. The molecule has 4 rings (SSSR count). The summed E-state index contributed by atoms with van der Waals surface area (Å²) in [5.41, 5.74) is 5.87. The van der Waals surface area contributed by atoms with E-state index in [-0.39, 0.29) is 11.7 Å². The van der Waals surface area contributed by atoms with Crippen molar-refractivity contribution in [2.45, 2.75) is 19.0 Å². The van der Waals surface area contributed by atoms with Crippen LogP contribution in [-0.2, 0) is 4.79 Å². The van der Waals surface area contributed by atoms with E-state index >= 15 is 0 Å². The van der Waals surface area contributed by atoms with Crippen molar-refractivity contribution < 1.29 is 9.53 Å². The van der Waals surface area contributed by atoms with Crippen molar-refractivity contribution >= 4 is 35.0 Å². The molecule has 2 aromatic carbocycles. The molecule has 1 amide bonds. The van der Waals surface area contributed by atoms with Crippen LogP contribution in [0.4, 0.5) is 0 Å². The number of hydrogen-bond donors (Lipinski definition) is 1. The van der Waals surface area contributed by atoms with Crippen LogP contribution in [-0.4, -0.2) is 43.7 Å². The number of nitrogens with one attached hydrogen (secondary N) is 1. The Kier molecular flexibility index (Phi) is 8.12. The molecule has 4 aromatic rings. The van der Waals surface area contributed by atoms with Crippen LogP contribution in [0.3, 0.4) is 0 Å². The number of benzene rings is 2. The summed E-state index contributed by atoms with van der Waals surface area (Å²) in [5.74, 6) is 1.27. The van der Waals surface area contributed by atoms with Gasteiger partial charge in [-0.1, -0.05) is 23.4 Å². The number of rotatable bonds is 9. The van der Waals surface area contributed by atoms with Crippen LogP contribution in [0.15, 0.2) is 83.3 Å². The standard InChI is InChI=1S/C25H23ClN6O2S/c1-3-34-22-10-8-21(9-11-22)32-24(19-4-6-20(26)7-5-19)30-31-25(32)35-16-23(33)29-28-17(2)18-12-14-27-15-13-18/h4-15H,3,16H2,1-2H3,(H,29,33)/b28-17+. The van der Waals surface area contributed by atoms with Gasteiger partial charge in [0.2, 0.25) is 0 Å². The molecular formula is C25H23ClN6O2S. The molecular weight excluding hydrogens is 484 g/mol. The van der Waals surface area contributed by atoms with E-state index in [0.29, 0.717) is 28.3 Å². The number of carbonyl (C=O) groups excluding carboxylic acids is 1. The van der Waals surface area contributed by atoms with Crippen molar-refractivity contribution in [2.75, 3.05) is 12.4 Å². The summed E-state index contributed by atoms with van der Waals surface area (Å²) in [7, 11) is 0. The summed E-state index contributed by atoms with van der Waals surface area (Å²) < 4.78 is 7.47. The van der Waals surface area contributed by atoms with E-state index < -0.39 is 0 Å². The molecule has 10 heteroatoms. The highest BCUT2D eigenvalue weighted by atomic mass is 35.5. The van der Waals surface area contributed by atoms with Gasteiger partial charge in [-0.05, 0) is 74.5 Å². The van der Waals surface area contributed by atoms with Crippen LogP contribution in [0.25, 0.3) is 17.1 Å². The Morgan fingerprint density at radius 1 is 1.06 bits per heavy atom. The molecule has 0 aliphatic carbocycles. The second-order valence-corrected chi connectivity index (χ2v) is 8.71. The first-order valence-corrected chi connectivity index (χ1v) is 12.2. The third-order valence-corrected chi connectivity index (χ3v) is 6.10. The number of amides is 1. The Morgan fingerprint density at radius 2 is 1.77 bits per heavy atom. The molecule has 0 radical (unpaired) electrons. The minimum Gasteiger partial charge on any atom is -0.494 e. The fourth-order valence-corrected chi connectivity index (χ4v) is 4.08. The van der Waals surface area contributed by atoms with Gasteiger partial charge < -0.3 is 4.74 Å². The maximum Gasteiger partial charge on any atom is 0.250 e. The molecule has 1 N–H and O–H groups in total. The molecule has 35 heavy (non-hydrogen) atoms. The number of thioether (sulfide) groups is 1. The number of halogens is 1. The second-order valence-electron chi connectivity index (χ2n) is 7.33. The Morgan fingerprint density at radius 3 is 2.46 bits per heavy atom. The van der Waals surface area contributed by atoms with Crippen molar-refractivity contribution in [1.82, 2.24) is 25.2 Å². The highest BCUT2D eigenvalue weighted by Gasteiger charge is 2.17.